The van der Waals surface area contributed by atoms with Crippen LogP contribution in [0.15, 0.2) is 11.6 Å². The summed E-state index contributed by atoms with van der Waals surface area (Å²) in [4.78, 5) is 11.9. The van der Waals surface area contributed by atoms with E-state index in [-0.39, 0.29) is 0 Å². The van der Waals surface area contributed by atoms with Gasteiger partial charge in [-0.2, -0.15) is 0 Å². The quantitative estimate of drug-likeness (QED) is 0.664. The fourth-order valence-corrected chi connectivity index (χ4v) is 4.27. The highest BCUT2D eigenvalue weighted by Gasteiger charge is 2.42. The van der Waals surface area contributed by atoms with Crippen LogP contribution >= 0.6 is 0 Å². The first-order valence-corrected chi connectivity index (χ1v) is 7.40. The molecule has 1 heteroatoms. The van der Waals surface area contributed by atoms with Crippen LogP contribution in [0.2, 0.25) is 0 Å². The lowest BCUT2D eigenvalue weighted by atomic mass is 9.69. The molecule has 3 aliphatic carbocycles. The van der Waals surface area contributed by atoms with Gasteiger partial charge in [0.2, 0.25) is 0 Å². The van der Waals surface area contributed by atoms with Gasteiger partial charge in [-0.1, -0.05) is 24.5 Å². The van der Waals surface area contributed by atoms with Gasteiger partial charge in [-0.3, -0.25) is 4.79 Å². The lowest BCUT2D eigenvalue weighted by molar-refractivity contribution is -0.120. The molecule has 17 heavy (non-hydrogen) atoms. The molecule has 2 fully saturated rings. The van der Waals surface area contributed by atoms with E-state index in [1.165, 1.54) is 63.4 Å². The Hall–Kier alpha value is -0.590. The zero-order valence-electron chi connectivity index (χ0n) is 11.0. The number of carbonyl (C=O) groups is 1. The van der Waals surface area contributed by atoms with Crippen molar-refractivity contribution in [3.8, 4) is 0 Å². The van der Waals surface area contributed by atoms with E-state index in [4.69, 9.17) is 0 Å². The van der Waals surface area contributed by atoms with Gasteiger partial charge < -0.3 is 0 Å². The molecule has 0 radical (unpaired) electrons. The molecule has 0 bridgehead atoms. The normalized spacial score (nSPS) is 29.1. The average molecular weight is 232 g/mol. The summed E-state index contributed by atoms with van der Waals surface area (Å²) in [5, 5.41) is 0. The third kappa shape index (κ3) is 2.21. The minimum Gasteiger partial charge on any atom is -0.299 e. The Morgan fingerprint density at radius 2 is 2.00 bits per heavy atom. The average Bonchev–Trinajstić information content (AvgIpc) is 3.01. The largest absolute Gasteiger partial charge is 0.299 e. The minimum atomic E-state index is 0.299. The predicted molar refractivity (Wildman–Crippen MR) is 69.7 cm³/mol. The number of rotatable bonds is 3. The molecule has 0 aromatic heterocycles. The molecule has 0 aromatic carbocycles. The van der Waals surface area contributed by atoms with Crippen LogP contribution in [0, 0.1) is 17.3 Å². The number of allylic oxidation sites excluding steroid dienone is 2. The number of Topliss-reactive ketones (excluding diaryl/α,β-unsaturated/α-hetero) is 1. The summed E-state index contributed by atoms with van der Waals surface area (Å²) in [5.74, 6) is 1.43. The van der Waals surface area contributed by atoms with E-state index in [0.717, 1.165) is 0 Å². The molecule has 94 valence electrons. The first kappa shape index (κ1) is 11.5. The maximum atomic E-state index is 11.9. The lowest BCUT2D eigenvalue weighted by Gasteiger charge is -2.36. The molecular formula is C16H24O. The lowest BCUT2D eigenvalue weighted by Crippen LogP contribution is -2.26. The van der Waals surface area contributed by atoms with Crippen molar-refractivity contribution in [2.24, 2.45) is 17.3 Å². The molecular weight excluding hydrogens is 208 g/mol. The van der Waals surface area contributed by atoms with Crippen LogP contribution < -0.4 is 0 Å². The second-order valence-electron chi connectivity index (χ2n) is 6.63. The molecule has 0 N–H and O–H groups in total. The summed E-state index contributed by atoms with van der Waals surface area (Å²) in [6.07, 6.45) is 14.5. The van der Waals surface area contributed by atoms with E-state index in [9.17, 15) is 4.79 Å². The number of hydrogen-bond acceptors (Lipinski definition) is 1. The second-order valence-corrected chi connectivity index (χ2v) is 6.63. The van der Waals surface area contributed by atoms with Crippen LogP contribution in [-0.4, -0.2) is 5.78 Å². The summed E-state index contributed by atoms with van der Waals surface area (Å²) >= 11 is 0. The van der Waals surface area contributed by atoms with Gasteiger partial charge in [0, 0.05) is 5.92 Å². The van der Waals surface area contributed by atoms with E-state index >= 15 is 0 Å². The van der Waals surface area contributed by atoms with Gasteiger partial charge in [0.1, 0.15) is 5.78 Å². The Bertz CT molecular complexity index is 343. The first-order chi connectivity index (χ1) is 8.20. The van der Waals surface area contributed by atoms with Crippen LogP contribution in [0.25, 0.3) is 0 Å². The van der Waals surface area contributed by atoms with Crippen molar-refractivity contribution in [3.05, 3.63) is 11.6 Å². The second kappa shape index (κ2) is 4.26. The fourth-order valence-electron chi connectivity index (χ4n) is 4.27. The summed E-state index contributed by atoms with van der Waals surface area (Å²) in [5.41, 5.74) is 2.13. The highest BCUT2D eigenvalue weighted by atomic mass is 16.1. The maximum absolute atomic E-state index is 11.9. The van der Waals surface area contributed by atoms with Crippen molar-refractivity contribution in [1.29, 1.82) is 0 Å². The molecule has 0 saturated heterocycles. The van der Waals surface area contributed by atoms with Crippen molar-refractivity contribution in [2.75, 3.05) is 0 Å². The molecule has 0 aromatic rings. The Morgan fingerprint density at radius 3 is 2.59 bits per heavy atom. The number of carbonyl (C=O) groups excluding carboxylic acids is 1. The van der Waals surface area contributed by atoms with Crippen LogP contribution in [-0.2, 0) is 4.79 Å². The van der Waals surface area contributed by atoms with E-state index in [1.807, 2.05) is 0 Å². The third-order valence-electron chi connectivity index (χ3n) is 5.26. The van der Waals surface area contributed by atoms with Crippen molar-refractivity contribution >= 4 is 5.78 Å². The summed E-state index contributed by atoms with van der Waals surface area (Å²) in [6.45, 7) is 1.81. The molecule has 1 nitrogen and oxygen atoms in total. The van der Waals surface area contributed by atoms with E-state index in [0.29, 0.717) is 23.0 Å². The summed E-state index contributed by atoms with van der Waals surface area (Å²) in [7, 11) is 0. The Labute approximate surface area is 105 Å². The van der Waals surface area contributed by atoms with Gasteiger partial charge in [0.25, 0.3) is 0 Å². The third-order valence-corrected chi connectivity index (χ3v) is 5.26. The zero-order chi connectivity index (χ0) is 11.9. The molecule has 1 atom stereocenters. The summed E-state index contributed by atoms with van der Waals surface area (Å²) < 4.78 is 0. The molecule has 0 heterocycles. The topological polar surface area (TPSA) is 17.1 Å². The van der Waals surface area contributed by atoms with Crippen molar-refractivity contribution < 1.29 is 4.79 Å². The number of hydrogen-bond donors (Lipinski definition) is 0. The zero-order valence-corrected chi connectivity index (χ0v) is 11.0. The molecule has 3 rings (SSSR count). The van der Waals surface area contributed by atoms with Crippen molar-refractivity contribution in [3.63, 3.8) is 0 Å². The van der Waals surface area contributed by atoms with Gasteiger partial charge in [0.05, 0.1) is 0 Å². The van der Waals surface area contributed by atoms with Gasteiger partial charge in [0.15, 0.2) is 0 Å². The van der Waals surface area contributed by atoms with E-state index in [1.54, 1.807) is 6.92 Å². The van der Waals surface area contributed by atoms with Gasteiger partial charge in [-0.05, 0) is 63.2 Å². The highest BCUT2D eigenvalue weighted by Crippen LogP contribution is 2.52. The maximum Gasteiger partial charge on any atom is 0.137 e. The SMILES string of the molecule is CC(=O)C(C1=CCCC2(CCCC2)C1)C1CC1. The van der Waals surface area contributed by atoms with Crippen LogP contribution in [0.1, 0.15) is 64.7 Å². The fraction of sp³-hybridized carbons (Fsp3) is 0.812. The van der Waals surface area contributed by atoms with E-state index in [2.05, 4.69) is 6.08 Å². The summed E-state index contributed by atoms with van der Waals surface area (Å²) in [6, 6.07) is 0. The Kier molecular flexibility index (Phi) is 2.88. The van der Waals surface area contributed by atoms with Crippen molar-refractivity contribution in [1.82, 2.24) is 0 Å². The van der Waals surface area contributed by atoms with Crippen molar-refractivity contribution in [2.45, 2.75) is 64.7 Å². The minimum absolute atomic E-state index is 0.299. The molecule has 0 amide bonds. The molecule has 2 saturated carbocycles. The van der Waals surface area contributed by atoms with E-state index < -0.39 is 0 Å². The first-order valence-electron chi connectivity index (χ1n) is 7.40. The monoisotopic (exact) mass is 232 g/mol. The highest BCUT2D eigenvalue weighted by molar-refractivity contribution is 5.82. The Balaban J connectivity index is 1.77. The molecule has 0 aliphatic heterocycles. The van der Waals surface area contributed by atoms with Crippen LogP contribution in [0.5, 0.6) is 0 Å². The molecule has 1 spiro atoms. The van der Waals surface area contributed by atoms with Gasteiger partial charge >= 0.3 is 0 Å². The number of ketones is 1. The molecule has 3 aliphatic rings. The standard InChI is InChI=1S/C16H24O/c1-12(17)15(13-6-7-13)14-5-4-10-16(11-14)8-2-3-9-16/h5,13,15H,2-4,6-11H2,1H3. The molecule has 1 unspecified atom stereocenters. The predicted octanol–water partition coefficient (Wildman–Crippen LogP) is 4.27. The van der Waals surface area contributed by atoms with Gasteiger partial charge in [-0.25, -0.2) is 0 Å². The smallest absolute Gasteiger partial charge is 0.137 e. The van der Waals surface area contributed by atoms with Gasteiger partial charge in [-0.15, -0.1) is 0 Å². The van der Waals surface area contributed by atoms with Crippen LogP contribution in [0.4, 0.5) is 0 Å². The van der Waals surface area contributed by atoms with Crippen LogP contribution in [0.3, 0.4) is 0 Å². The Morgan fingerprint density at radius 1 is 1.29 bits per heavy atom.